The van der Waals surface area contributed by atoms with Crippen LogP contribution in [0.4, 0.5) is 24.7 Å². The molecule has 2 aromatic carbocycles. The van der Waals surface area contributed by atoms with E-state index in [2.05, 4.69) is 15.3 Å². The Kier molecular flexibility index (Phi) is 9.98. The van der Waals surface area contributed by atoms with Gasteiger partial charge in [-0.2, -0.15) is 13.2 Å². The summed E-state index contributed by atoms with van der Waals surface area (Å²) in [5.74, 6) is 1.49. The van der Waals surface area contributed by atoms with E-state index in [4.69, 9.17) is 13.9 Å². The summed E-state index contributed by atoms with van der Waals surface area (Å²) in [5.41, 5.74) is 2.74. The third kappa shape index (κ3) is 8.12. The highest BCUT2D eigenvalue weighted by atomic mass is 35.5. The summed E-state index contributed by atoms with van der Waals surface area (Å²) in [4.78, 5) is 10.3. The summed E-state index contributed by atoms with van der Waals surface area (Å²) in [6.07, 6.45) is 0.172. The molecule has 0 aliphatic heterocycles. The van der Waals surface area contributed by atoms with Gasteiger partial charge >= 0.3 is 6.18 Å². The molecule has 0 saturated carbocycles. The zero-order chi connectivity index (χ0) is 26.3. The van der Waals surface area contributed by atoms with Crippen molar-refractivity contribution in [2.45, 2.75) is 6.18 Å². The van der Waals surface area contributed by atoms with Crippen LogP contribution in [0.25, 0.3) is 23.3 Å². The number of nitrogens with one attached hydrogen (secondary N) is 1. The molecule has 7 nitrogen and oxygen atoms in total. The third-order valence-corrected chi connectivity index (χ3v) is 5.34. The third-order valence-electron chi connectivity index (χ3n) is 5.34. The van der Waals surface area contributed by atoms with Crippen LogP contribution in [0.15, 0.2) is 65.2 Å². The molecule has 0 atom stereocenters. The van der Waals surface area contributed by atoms with Crippen molar-refractivity contribution in [1.29, 1.82) is 0 Å². The Labute approximate surface area is 224 Å². The van der Waals surface area contributed by atoms with Gasteiger partial charge in [0, 0.05) is 44.7 Å². The minimum Gasteiger partial charge on any atom is -0.491 e. The van der Waals surface area contributed by atoms with E-state index in [-0.39, 0.29) is 12.4 Å². The topological polar surface area (TPSA) is 72.7 Å². The average molecular weight is 549 g/mol. The average Bonchev–Trinajstić information content (AvgIpc) is 3.29. The van der Waals surface area contributed by atoms with Crippen molar-refractivity contribution in [1.82, 2.24) is 9.97 Å². The van der Waals surface area contributed by atoms with Crippen molar-refractivity contribution in [3.8, 4) is 5.75 Å². The van der Waals surface area contributed by atoms with Crippen LogP contribution in [-0.2, 0) is 10.9 Å². The van der Waals surface area contributed by atoms with E-state index in [1.165, 1.54) is 6.07 Å². The molecule has 0 aliphatic carbocycles. The maximum Gasteiger partial charge on any atom is 0.417 e. The molecular formula is C27H28ClF3N4O3. The van der Waals surface area contributed by atoms with Crippen molar-refractivity contribution in [3.63, 3.8) is 0 Å². The van der Waals surface area contributed by atoms with Crippen LogP contribution in [0.1, 0.15) is 17.0 Å². The lowest BCUT2D eigenvalue weighted by Gasteiger charge is -2.11. The Morgan fingerprint density at radius 3 is 2.45 bits per heavy atom. The molecule has 0 amide bonds. The number of nitrogens with zero attached hydrogens (tertiary/aromatic N) is 3. The predicted molar refractivity (Wildman–Crippen MR) is 145 cm³/mol. The molecule has 0 radical (unpaired) electrons. The molecule has 0 spiro atoms. The second-order valence-corrected chi connectivity index (χ2v) is 8.32. The molecule has 2 heterocycles. The number of pyridine rings is 1. The lowest BCUT2D eigenvalue weighted by molar-refractivity contribution is -0.137. The summed E-state index contributed by atoms with van der Waals surface area (Å²) in [7, 11) is 4.00. The Hall–Kier alpha value is -3.76. The van der Waals surface area contributed by atoms with Gasteiger partial charge in [0.25, 0.3) is 0 Å². The first-order valence-electron chi connectivity index (χ1n) is 11.6. The van der Waals surface area contributed by atoms with Crippen LogP contribution in [0, 0.1) is 0 Å². The second kappa shape index (κ2) is 13.2. The molecule has 38 heavy (non-hydrogen) atoms. The van der Waals surface area contributed by atoms with Crippen LogP contribution in [0.3, 0.4) is 0 Å². The van der Waals surface area contributed by atoms with Crippen molar-refractivity contribution in [2.75, 3.05) is 50.7 Å². The quantitative estimate of drug-likeness (QED) is 0.217. The van der Waals surface area contributed by atoms with Gasteiger partial charge < -0.3 is 24.1 Å². The van der Waals surface area contributed by atoms with Gasteiger partial charge in [0.1, 0.15) is 23.7 Å². The van der Waals surface area contributed by atoms with Crippen molar-refractivity contribution < 1.29 is 27.1 Å². The maximum absolute atomic E-state index is 12.6. The van der Waals surface area contributed by atoms with Crippen LogP contribution in [0.2, 0.25) is 0 Å². The van der Waals surface area contributed by atoms with Crippen LogP contribution in [-0.4, -0.2) is 50.4 Å². The number of oxazole rings is 1. The van der Waals surface area contributed by atoms with E-state index in [9.17, 15) is 13.2 Å². The first kappa shape index (κ1) is 28.8. The number of hydrogen-bond donors (Lipinski definition) is 1. The molecule has 0 unspecified atom stereocenters. The fourth-order valence-corrected chi connectivity index (χ4v) is 3.37. The number of fused-ring (bicyclic) bond motifs is 1. The Balaban J connectivity index is 0.00000400. The maximum atomic E-state index is 12.6. The molecule has 4 aromatic rings. The smallest absolute Gasteiger partial charge is 0.417 e. The van der Waals surface area contributed by atoms with Crippen molar-refractivity contribution in [3.05, 3.63) is 77.8 Å². The minimum absolute atomic E-state index is 0. The van der Waals surface area contributed by atoms with E-state index in [0.29, 0.717) is 49.4 Å². The highest BCUT2D eigenvalue weighted by Gasteiger charge is 2.30. The van der Waals surface area contributed by atoms with Gasteiger partial charge in [-0.3, -0.25) is 0 Å². The number of alkyl halides is 3. The fourth-order valence-electron chi connectivity index (χ4n) is 3.37. The summed E-state index contributed by atoms with van der Waals surface area (Å²) >= 11 is 0. The highest BCUT2D eigenvalue weighted by Crippen LogP contribution is 2.28. The van der Waals surface area contributed by atoms with Gasteiger partial charge in [0.15, 0.2) is 5.58 Å². The van der Waals surface area contributed by atoms with Gasteiger partial charge in [0.2, 0.25) is 5.89 Å². The second-order valence-electron chi connectivity index (χ2n) is 8.32. The van der Waals surface area contributed by atoms with E-state index in [1.807, 2.05) is 67.5 Å². The molecule has 202 valence electrons. The lowest BCUT2D eigenvalue weighted by Crippen LogP contribution is -2.14. The van der Waals surface area contributed by atoms with E-state index in [1.54, 1.807) is 6.07 Å². The monoisotopic (exact) mass is 548 g/mol. The van der Waals surface area contributed by atoms with Crippen LogP contribution < -0.4 is 15.0 Å². The van der Waals surface area contributed by atoms with Crippen molar-refractivity contribution in [2.24, 2.45) is 0 Å². The number of hydrogen-bond acceptors (Lipinski definition) is 7. The number of aromatic nitrogens is 2. The number of ether oxygens (including phenoxy) is 2. The lowest BCUT2D eigenvalue weighted by atomic mass is 10.2. The Bertz CT molecular complexity index is 1320. The van der Waals surface area contributed by atoms with Gasteiger partial charge in [0.05, 0.1) is 18.8 Å². The SMILES string of the molecule is CN(C)c1ccc(/C=C/c2nc3ccc(OCCOCCNc4ccc(C(F)(F)F)cn4)cc3o2)cc1.Cl. The minimum atomic E-state index is -4.40. The predicted octanol–water partition coefficient (Wildman–Crippen LogP) is 6.41. The normalized spacial score (nSPS) is 11.5. The largest absolute Gasteiger partial charge is 0.491 e. The zero-order valence-electron chi connectivity index (χ0n) is 20.9. The molecule has 2 aromatic heterocycles. The summed E-state index contributed by atoms with van der Waals surface area (Å²) < 4.78 is 54.7. The van der Waals surface area contributed by atoms with Gasteiger partial charge in [-0.1, -0.05) is 12.1 Å². The highest BCUT2D eigenvalue weighted by molar-refractivity contribution is 5.85. The van der Waals surface area contributed by atoms with Gasteiger partial charge in [-0.25, -0.2) is 9.97 Å². The summed E-state index contributed by atoms with van der Waals surface area (Å²) in [6.45, 7) is 1.42. The number of benzene rings is 2. The van der Waals surface area contributed by atoms with Crippen molar-refractivity contribution >= 4 is 47.2 Å². The fraction of sp³-hybridized carbons (Fsp3) is 0.259. The molecule has 0 saturated heterocycles. The molecule has 0 fully saturated rings. The molecule has 0 aliphatic rings. The summed E-state index contributed by atoms with van der Waals surface area (Å²) in [6, 6.07) is 15.9. The standard InChI is InChI=1S/C27H27F3N4O3.ClH/c1-34(2)21-7-3-19(4-8-21)5-12-26-33-23-10-9-22(17-24(23)37-26)36-16-15-35-14-13-31-25-11-6-20(18-32-25)27(28,29)30;/h3-12,17-18H,13-16H2,1-2H3,(H,31,32);1H/b12-5+;. The van der Waals surface area contributed by atoms with E-state index < -0.39 is 11.7 Å². The zero-order valence-corrected chi connectivity index (χ0v) is 21.7. The number of rotatable bonds is 11. The van der Waals surface area contributed by atoms with Crippen LogP contribution >= 0.6 is 12.4 Å². The molecule has 11 heteroatoms. The van der Waals surface area contributed by atoms with E-state index >= 15 is 0 Å². The Morgan fingerprint density at radius 2 is 1.76 bits per heavy atom. The molecule has 4 rings (SSSR count). The molecule has 1 N–H and O–H groups in total. The Morgan fingerprint density at radius 1 is 0.974 bits per heavy atom. The molecular weight excluding hydrogens is 521 g/mol. The summed E-state index contributed by atoms with van der Waals surface area (Å²) in [5, 5.41) is 2.91. The first-order valence-corrected chi connectivity index (χ1v) is 11.6. The van der Waals surface area contributed by atoms with Gasteiger partial charge in [-0.05, 0) is 48.0 Å². The molecule has 0 bridgehead atoms. The number of halogens is 4. The van der Waals surface area contributed by atoms with Gasteiger partial charge in [-0.15, -0.1) is 12.4 Å². The first-order chi connectivity index (χ1) is 17.8. The van der Waals surface area contributed by atoms with E-state index in [0.717, 1.165) is 29.0 Å². The number of anilines is 2. The van der Waals surface area contributed by atoms with Crippen LogP contribution in [0.5, 0.6) is 5.75 Å².